The third-order valence-corrected chi connectivity index (χ3v) is 5.54. The van der Waals surface area contributed by atoms with Crippen LogP contribution in [-0.4, -0.2) is 32.7 Å². The second-order valence-electron chi connectivity index (χ2n) is 7.55. The average molecular weight is 445 g/mol. The molecule has 0 saturated carbocycles. The van der Waals surface area contributed by atoms with Crippen molar-refractivity contribution < 1.29 is 14.6 Å². The summed E-state index contributed by atoms with van der Waals surface area (Å²) in [7, 11) is 1.59. The van der Waals surface area contributed by atoms with Crippen LogP contribution < -0.4 is 21.6 Å². The van der Waals surface area contributed by atoms with E-state index in [1.54, 1.807) is 30.0 Å². The number of carboxylic acid groups (broad SMARTS) is 1. The molecule has 5 N–H and O–H groups in total. The largest absolute Gasteiger partial charge is 0.496 e. The summed E-state index contributed by atoms with van der Waals surface area (Å²) >= 11 is 0. The molecule has 4 aromatic rings. The fourth-order valence-electron chi connectivity index (χ4n) is 3.85. The number of carboxylic acids is 1. The van der Waals surface area contributed by atoms with Gasteiger partial charge in [0.2, 0.25) is 11.4 Å². The lowest BCUT2D eigenvalue weighted by Crippen LogP contribution is -2.18. The van der Waals surface area contributed by atoms with Gasteiger partial charge >= 0.3 is 5.97 Å². The molecule has 0 atom stereocenters. The molecule has 9 heteroatoms. The number of benzene rings is 2. The van der Waals surface area contributed by atoms with Gasteiger partial charge in [-0.15, -0.1) is 0 Å². The van der Waals surface area contributed by atoms with Crippen molar-refractivity contribution in [2.24, 2.45) is 0 Å². The molecule has 2 heterocycles. The molecule has 4 rings (SSSR count). The highest BCUT2D eigenvalue weighted by Crippen LogP contribution is 2.33. The second kappa shape index (κ2) is 8.62. The molecule has 168 valence electrons. The number of aromatic carboxylic acids is 1. The summed E-state index contributed by atoms with van der Waals surface area (Å²) in [6.07, 6.45) is 3.49. The van der Waals surface area contributed by atoms with Crippen molar-refractivity contribution in [2.75, 3.05) is 18.6 Å². The first-order chi connectivity index (χ1) is 15.8. The monoisotopic (exact) mass is 445 g/mol. The third kappa shape index (κ3) is 4.08. The van der Waals surface area contributed by atoms with E-state index in [4.69, 9.17) is 16.2 Å². The second-order valence-corrected chi connectivity index (χ2v) is 7.55. The molecule has 0 aliphatic heterocycles. The van der Waals surface area contributed by atoms with Crippen molar-refractivity contribution >= 4 is 28.6 Å². The summed E-state index contributed by atoms with van der Waals surface area (Å²) in [5.74, 6) is -0.136. The molecule has 0 bridgehead atoms. The van der Waals surface area contributed by atoms with Gasteiger partial charge in [0.25, 0.3) is 0 Å². The van der Waals surface area contributed by atoms with E-state index >= 15 is 0 Å². The van der Waals surface area contributed by atoms with Crippen LogP contribution in [0.1, 0.15) is 28.4 Å². The zero-order valence-corrected chi connectivity index (χ0v) is 18.2. The summed E-state index contributed by atoms with van der Waals surface area (Å²) in [5.41, 5.74) is 14.8. The number of nitrogens with two attached hydrogens (primary N) is 2. The van der Waals surface area contributed by atoms with Gasteiger partial charge in [-0.3, -0.25) is 4.79 Å². The normalized spacial score (nSPS) is 11.0. The molecule has 0 amide bonds. The highest BCUT2D eigenvalue weighted by Gasteiger charge is 2.16. The van der Waals surface area contributed by atoms with E-state index in [0.717, 1.165) is 22.3 Å². The highest BCUT2D eigenvalue weighted by molar-refractivity contribution is 5.94. The van der Waals surface area contributed by atoms with Gasteiger partial charge in [-0.1, -0.05) is 12.1 Å². The SMILES string of the molecule is CCn1cc(C(=O)O)c(=O)c2ccc(-c3cc(Cc4cnc(N)nc4N)ccc3OC)cc21. The number of rotatable bonds is 6. The summed E-state index contributed by atoms with van der Waals surface area (Å²) < 4.78 is 7.33. The zero-order valence-electron chi connectivity index (χ0n) is 18.2. The van der Waals surface area contributed by atoms with Gasteiger partial charge in [-0.2, -0.15) is 4.98 Å². The molecule has 33 heavy (non-hydrogen) atoms. The van der Waals surface area contributed by atoms with Crippen LogP contribution in [0.25, 0.3) is 22.0 Å². The predicted octanol–water partition coefficient (Wildman–Crippen LogP) is 2.94. The first-order valence-corrected chi connectivity index (χ1v) is 10.3. The number of pyridine rings is 1. The minimum Gasteiger partial charge on any atom is -0.496 e. The molecular formula is C24H23N5O4. The van der Waals surface area contributed by atoms with Gasteiger partial charge in [0.05, 0.1) is 12.6 Å². The number of hydrogen-bond acceptors (Lipinski definition) is 7. The Morgan fingerprint density at radius 2 is 1.97 bits per heavy atom. The molecule has 0 fully saturated rings. The number of nitrogen functional groups attached to an aromatic ring is 2. The Hall–Kier alpha value is -4.40. The van der Waals surface area contributed by atoms with Gasteiger partial charge in [-0.25, -0.2) is 9.78 Å². The topological polar surface area (TPSA) is 146 Å². The lowest BCUT2D eigenvalue weighted by atomic mass is 9.97. The van der Waals surface area contributed by atoms with Gasteiger partial charge in [0.15, 0.2) is 0 Å². The van der Waals surface area contributed by atoms with Crippen LogP contribution in [0, 0.1) is 0 Å². The molecule has 0 spiro atoms. The lowest BCUT2D eigenvalue weighted by Gasteiger charge is -2.15. The number of carbonyl (C=O) groups is 1. The van der Waals surface area contributed by atoms with Crippen molar-refractivity contribution in [3.63, 3.8) is 0 Å². The summed E-state index contributed by atoms with van der Waals surface area (Å²) in [6.45, 7) is 2.40. The van der Waals surface area contributed by atoms with Gasteiger partial charge in [0, 0.05) is 41.9 Å². The number of fused-ring (bicyclic) bond motifs is 1. The fraction of sp³-hybridized carbons (Fsp3) is 0.167. The van der Waals surface area contributed by atoms with Crippen LogP contribution in [0.5, 0.6) is 5.75 Å². The molecule has 0 aliphatic rings. The third-order valence-electron chi connectivity index (χ3n) is 5.54. The first-order valence-electron chi connectivity index (χ1n) is 10.3. The molecule has 0 aliphatic carbocycles. The maximum Gasteiger partial charge on any atom is 0.341 e. The smallest absolute Gasteiger partial charge is 0.341 e. The van der Waals surface area contributed by atoms with Crippen LogP contribution in [0.2, 0.25) is 0 Å². The van der Waals surface area contributed by atoms with E-state index in [1.807, 2.05) is 31.2 Å². The first kappa shape index (κ1) is 21.8. The Bertz CT molecular complexity index is 1450. The fourth-order valence-corrected chi connectivity index (χ4v) is 3.85. The van der Waals surface area contributed by atoms with Crippen LogP contribution in [0.3, 0.4) is 0 Å². The van der Waals surface area contributed by atoms with Crippen LogP contribution >= 0.6 is 0 Å². The number of hydrogen-bond donors (Lipinski definition) is 3. The number of aromatic nitrogens is 3. The summed E-state index contributed by atoms with van der Waals surface area (Å²) in [6, 6.07) is 11.1. The Morgan fingerprint density at radius 3 is 2.64 bits per heavy atom. The number of ether oxygens (including phenoxy) is 1. The maximum atomic E-state index is 12.7. The summed E-state index contributed by atoms with van der Waals surface area (Å²) in [5, 5.41) is 9.73. The molecule has 9 nitrogen and oxygen atoms in total. The van der Waals surface area contributed by atoms with E-state index in [2.05, 4.69) is 9.97 Å². The van der Waals surface area contributed by atoms with Crippen molar-refractivity contribution in [1.29, 1.82) is 0 Å². The van der Waals surface area contributed by atoms with E-state index in [0.29, 0.717) is 35.4 Å². The number of methoxy groups -OCH3 is 1. The Kier molecular flexibility index (Phi) is 5.70. The number of aryl methyl sites for hydroxylation is 1. The number of anilines is 2. The number of nitrogens with zero attached hydrogens (tertiary/aromatic N) is 3. The summed E-state index contributed by atoms with van der Waals surface area (Å²) in [4.78, 5) is 32.2. The maximum absolute atomic E-state index is 12.7. The quantitative estimate of drug-likeness (QED) is 0.410. The minimum atomic E-state index is -1.24. The zero-order chi connectivity index (χ0) is 23.7. The Labute approximate surface area is 189 Å². The van der Waals surface area contributed by atoms with Crippen molar-refractivity contribution in [1.82, 2.24) is 14.5 Å². The predicted molar refractivity (Wildman–Crippen MR) is 126 cm³/mol. The van der Waals surface area contributed by atoms with Crippen LogP contribution in [-0.2, 0) is 13.0 Å². The molecule has 0 unspecified atom stereocenters. The molecule has 2 aromatic heterocycles. The molecule has 2 aromatic carbocycles. The van der Waals surface area contributed by atoms with E-state index in [-0.39, 0.29) is 11.5 Å². The Morgan fingerprint density at radius 1 is 1.18 bits per heavy atom. The Balaban J connectivity index is 1.84. The van der Waals surface area contributed by atoms with Crippen LogP contribution in [0.4, 0.5) is 11.8 Å². The highest BCUT2D eigenvalue weighted by atomic mass is 16.5. The van der Waals surface area contributed by atoms with Crippen LogP contribution in [0.15, 0.2) is 53.6 Å². The van der Waals surface area contributed by atoms with Gasteiger partial charge in [-0.05, 0) is 42.3 Å². The molecule has 0 saturated heterocycles. The standard InChI is InChI=1S/C24H23N5O4/c1-3-29-12-18(23(31)32)21(30)16-6-5-14(10-19(16)29)17-9-13(4-7-20(17)33-2)8-15-11-27-24(26)28-22(15)25/h4-7,9-12H,3,8H2,1-2H3,(H,31,32)(H4,25,26,27,28). The molecular weight excluding hydrogens is 422 g/mol. The van der Waals surface area contributed by atoms with Gasteiger partial charge < -0.3 is 25.9 Å². The minimum absolute atomic E-state index is 0.121. The van der Waals surface area contributed by atoms with Crippen molar-refractivity contribution in [3.8, 4) is 16.9 Å². The average Bonchev–Trinajstić information content (AvgIpc) is 2.80. The van der Waals surface area contributed by atoms with Crippen molar-refractivity contribution in [2.45, 2.75) is 19.9 Å². The lowest BCUT2D eigenvalue weighted by molar-refractivity contribution is 0.0695. The molecule has 0 radical (unpaired) electrons. The van der Waals surface area contributed by atoms with Gasteiger partial charge in [0.1, 0.15) is 17.1 Å². The van der Waals surface area contributed by atoms with E-state index in [9.17, 15) is 14.7 Å². The van der Waals surface area contributed by atoms with E-state index in [1.165, 1.54) is 6.20 Å². The van der Waals surface area contributed by atoms with Crippen molar-refractivity contribution in [3.05, 3.63) is 75.7 Å². The van der Waals surface area contributed by atoms with E-state index < -0.39 is 11.4 Å².